The molecule has 0 spiro atoms. The fraction of sp³-hybridized carbons (Fsp3) is 0.125. The van der Waals surface area contributed by atoms with E-state index in [0.29, 0.717) is 5.84 Å². The molecule has 106 valence electrons. The van der Waals surface area contributed by atoms with Crippen molar-refractivity contribution in [2.45, 2.75) is 6.92 Å². The molecule has 0 saturated heterocycles. The average molecular weight is 299 g/mol. The van der Waals surface area contributed by atoms with Crippen molar-refractivity contribution in [1.82, 2.24) is 9.38 Å². The van der Waals surface area contributed by atoms with Crippen LogP contribution >= 0.6 is 11.6 Å². The zero-order valence-electron chi connectivity index (χ0n) is 11.6. The van der Waals surface area contributed by atoms with E-state index in [1.165, 1.54) is 5.56 Å². The molecule has 0 radical (unpaired) electrons. The van der Waals surface area contributed by atoms with Crippen LogP contribution in [0.4, 0.5) is 5.69 Å². The molecule has 0 amide bonds. The quantitative estimate of drug-likeness (QED) is 0.457. The molecule has 1 aromatic carbocycles. The Morgan fingerprint density at radius 2 is 2.05 bits per heavy atom. The number of halogens is 1. The fourth-order valence-electron chi connectivity index (χ4n) is 2.13. The summed E-state index contributed by atoms with van der Waals surface area (Å²) in [5.41, 5.74) is 10.5. The second kappa shape index (κ2) is 5.58. The summed E-state index contributed by atoms with van der Waals surface area (Å²) in [6.07, 6.45) is 4.03. The van der Waals surface area contributed by atoms with Gasteiger partial charge in [0.2, 0.25) is 0 Å². The van der Waals surface area contributed by atoms with Crippen molar-refractivity contribution < 1.29 is 0 Å². The molecule has 0 aliphatic heterocycles. The Morgan fingerprint density at radius 1 is 1.29 bits per heavy atom. The highest BCUT2D eigenvalue weighted by molar-refractivity contribution is 6.28. The number of nitrogens with two attached hydrogens (primary N) is 1. The van der Waals surface area contributed by atoms with E-state index < -0.39 is 0 Å². The molecule has 0 unspecified atom stereocenters. The maximum absolute atomic E-state index is 5.62. The molecule has 4 nitrogen and oxygen atoms in total. The van der Waals surface area contributed by atoms with Gasteiger partial charge in [-0.3, -0.25) is 0 Å². The molecule has 0 fully saturated rings. The van der Waals surface area contributed by atoms with Crippen molar-refractivity contribution in [3.63, 3.8) is 0 Å². The first-order valence-electron chi connectivity index (χ1n) is 6.60. The van der Waals surface area contributed by atoms with Crippen molar-refractivity contribution in [3.05, 3.63) is 54.4 Å². The average Bonchev–Trinajstić information content (AvgIpc) is 2.90. The second-order valence-electron chi connectivity index (χ2n) is 4.88. The zero-order chi connectivity index (χ0) is 14.8. The van der Waals surface area contributed by atoms with Crippen molar-refractivity contribution in [3.8, 4) is 11.3 Å². The normalized spacial score (nSPS) is 12.0. The lowest BCUT2D eigenvalue weighted by Crippen LogP contribution is -2.12. The van der Waals surface area contributed by atoms with Crippen LogP contribution in [0.25, 0.3) is 16.9 Å². The minimum atomic E-state index is 0.230. The molecular weight excluding hydrogens is 284 g/mol. The van der Waals surface area contributed by atoms with Crippen LogP contribution in [0.1, 0.15) is 5.56 Å². The zero-order valence-corrected chi connectivity index (χ0v) is 12.4. The van der Waals surface area contributed by atoms with E-state index in [9.17, 15) is 0 Å². The number of alkyl halides is 1. The summed E-state index contributed by atoms with van der Waals surface area (Å²) >= 11 is 5.62. The van der Waals surface area contributed by atoms with Gasteiger partial charge in [0, 0.05) is 18.0 Å². The summed E-state index contributed by atoms with van der Waals surface area (Å²) in [6, 6.07) is 11.9. The Bertz CT molecular complexity index is 803. The highest BCUT2D eigenvalue weighted by Crippen LogP contribution is 2.22. The first-order valence-corrected chi connectivity index (χ1v) is 7.14. The number of nitrogens with zero attached hydrogens (tertiary/aromatic N) is 3. The van der Waals surface area contributed by atoms with E-state index in [0.717, 1.165) is 22.6 Å². The van der Waals surface area contributed by atoms with Crippen molar-refractivity contribution >= 4 is 28.8 Å². The van der Waals surface area contributed by atoms with Gasteiger partial charge >= 0.3 is 0 Å². The molecule has 0 bridgehead atoms. The molecule has 3 aromatic rings. The van der Waals surface area contributed by atoms with Gasteiger partial charge in [-0.25, -0.2) is 9.98 Å². The van der Waals surface area contributed by atoms with E-state index in [-0.39, 0.29) is 5.88 Å². The Morgan fingerprint density at radius 3 is 2.76 bits per heavy atom. The number of fused-ring (bicyclic) bond motifs is 1. The summed E-state index contributed by atoms with van der Waals surface area (Å²) in [5.74, 6) is 0.640. The van der Waals surface area contributed by atoms with Crippen LogP contribution < -0.4 is 5.73 Å². The topological polar surface area (TPSA) is 55.7 Å². The van der Waals surface area contributed by atoms with Crippen LogP contribution in [0.5, 0.6) is 0 Å². The Labute approximate surface area is 127 Å². The molecule has 21 heavy (non-hydrogen) atoms. The van der Waals surface area contributed by atoms with Gasteiger partial charge in [0.15, 0.2) is 0 Å². The number of rotatable bonds is 3. The number of aliphatic imine (C=N–C) groups is 1. The predicted octanol–water partition coefficient (Wildman–Crippen LogP) is 3.54. The van der Waals surface area contributed by atoms with E-state index in [2.05, 4.69) is 29.0 Å². The lowest BCUT2D eigenvalue weighted by molar-refractivity contribution is 1.17. The van der Waals surface area contributed by atoms with Gasteiger partial charge in [0.25, 0.3) is 0 Å². The third-order valence-corrected chi connectivity index (χ3v) is 3.46. The lowest BCUT2D eigenvalue weighted by atomic mass is 10.1. The molecule has 0 saturated carbocycles. The van der Waals surface area contributed by atoms with Gasteiger partial charge in [0.05, 0.1) is 17.3 Å². The summed E-state index contributed by atoms with van der Waals surface area (Å²) in [6.45, 7) is 2.06. The van der Waals surface area contributed by atoms with Gasteiger partial charge in [-0.2, -0.15) is 0 Å². The summed E-state index contributed by atoms with van der Waals surface area (Å²) < 4.78 is 2.01. The number of hydrogen-bond acceptors (Lipinski definition) is 2. The second-order valence-corrected chi connectivity index (χ2v) is 5.15. The standard InChI is InChI=1S/C16H15ClN4/c1-11-6-7-21-10-14(20-16(21)8-11)12-2-4-13(5-3-12)19-15(18)9-17/h2-8,10H,9H2,1H3,(H2,18,19). The van der Waals surface area contributed by atoms with E-state index in [1.54, 1.807) is 0 Å². The summed E-state index contributed by atoms with van der Waals surface area (Å²) in [7, 11) is 0. The van der Waals surface area contributed by atoms with Crippen LogP contribution in [0.3, 0.4) is 0 Å². The molecule has 0 aliphatic carbocycles. The summed E-state index contributed by atoms with van der Waals surface area (Å²) in [4.78, 5) is 8.84. The lowest BCUT2D eigenvalue weighted by Gasteiger charge is -1.99. The first-order chi connectivity index (χ1) is 10.2. The Balaban J connectivity index is 1.95. The maximum atomic E-state index is 5.62. The number of amidine groups is 1. The molecule has 0 aliphatic rings. The molecular formula is C16H15ClN4. The van der Waals surface area contributed by atoms with Crippen molar-refractivity contribution in [1.29, 1.82) is 0 Å². The van der Waals surface area contributed by atoms with E-state index in [1.807, 2.05) is 41.1 Å². The number of aromatic nitrogens is 2. The molecule has 2 heterocycles. The predicted molar refractivity (Wildman–Crippen MR) is 87.4 cm³/mol. The highest BCUT2D eigenvalue weighted by Gasteiger charge is 2.04. The minimum absolute atomic E-state index is 0.230. The van der Waals surface area contributed by atoms with Crippen LogP contribution in [-0.2, 0) is 0 Å². The highest BCUT2D eigenvalue weighted by atomic mass is 35.5. The van der Waals surface area contributed by atoms with Gasteiger partial charge < -0.3 is 10.1 Å². The Kier molecular flexibility index (Phi) is 3.62. The van der Waals surface area contributed by atoms with Crippen LogP contribution in [0, 0.1) is 6.92 Å². The number of aryl methyl sites for hydroxylation is 1. The van der Waals surface area contributed by atoms with Crippen LogP contribution in [-0.4, -0.2) is 21.1 Å². The maximum Gasteiger partial charge on any atom is 0.137 e. The Hall–Kier alpha value is -2.33. The van der Waals surface area contributed by atoms with Gasteiger partial charge in [-0.05, 0) is 36.8 Å². The number of hydrogen-bond donors (Lipinski definition) is 1. The van der Waals surface area contributed by atoms with E-state index >= 15 is 0 Å². The van der Waals surface area contributed by atoms with E-state index in [4.69, 9.17) is 17.3 Å². The van der Waals surface area contributed by atoms with Gasteiger partial charge in [-0.1, -0.05) is 12.1 Å². The smallest absolute Gasteiger partial charge is 0.137 e. The largest absolute Gasteiger partial charge is 0.386 e. The third-order valence-electron chi connectivity index (χ3n) is 3.19. The van der Waals surface area contributed by atoms with Crippen LogP contribution in [0.15, 0.2) is 53.8 Å². The van der Waals surface area contributed by atoms with Crippen molar-refractivity contribution in [2.24, 2.45) is 10.7 Å². The van der Waals surface area contributed by atoms with Crippen LogP contribution in [0.2, 0.25) is 0 Å². The number of pyridine rings is 1. The first kappa shape index (κ1) is 13.6. The minimum Gasteiger partial charge on any atom is -0.386 e. The number of imidazole rings is 1. The van der Waals surface area contributed by atoms with Gasteiger partial charge in [0.1, 0.15) is 11.5 Å². The molecule has 2 aromatic heterocycles. The monoisotopic (exact) mass is 298 g/mol. The fourth-order valence-corrected chi connectivity index (χ4v) is 2.18. The number of benzene rings is 1. The third kappa shape index (κ3) is 2.90. The SMILES string of the molecule is Cc1ccn2cc(-c3ccc(N=C(N)CCl)cc3)nc2c1. The van der Waals surface area contributed by atoms with Gasteiger partial charge in [-0.15, -0.1) is 11.6 Å². The molecule has 3 rings (SSSR count). The summed E-state index contributed by atoms with van der Waals surface area (Å²) in [5, 5.41) is 0. The molecule has 2 N–H and O–H groups in total. The molecule has 5 heteroatoms. The van der Waals surface area contributed by atoms with Crippen molar-refractivity contribution in [2.75, 3.05) is 5.88 Å². The molecule has 0 atom stereocenters.